The van der Waals surface area contributed by atoms with Crippen molar-refractivity contribution in [3.05, 3.63) is 36.2 Å². The molecule has 2 unspecified atom stereocenters. The fourth-order valence-electron chi connectivity index (χ4n) is 3.02. The second-order valence-corrected chi connectivity index (χ2v) is 5.04. The van der Waals surface area contributed by atoms with Gasteiger partial charge in [0.05, 0.1) is 18.3 Å². The Kier molecular flexibility index (Phi) is 3.23. The van der Waals surface area contributed by atoms with Crippen LogP contribution in [0.3, 0.4) is 0 Å². The molecular formula is C15H18N2O2. The van der Waals surface area contributed by atoms with Gasteiger partial charge in [0, 0.05) is 12.7 Å². The molecule has 19 heavy (non-hydrogen) atoms. The van der Waals surface area contributed by atoms with Crippen LogP contribution >= 0.6 is 0 Å². The van der Waals surface area contributed by atoms with Gasteiger partial charge in [-0.05, 0) is 43.4 Å². The third-order valence-electron chi connectivity index (χ3n) is 3.86. The van der Waals surface area contributed by atoms with E-state index < -0.39 is 0 Å². The van der Waals surface area contributed by atoms with Crippen LogP contribution in [0.2, 0.25) is 0 Å². The Morgan fingerprint density at radius 1 is 1.47 bits per heavy atom. The van der Waals surface area contributed by atoms with E-state index in [2.05, 4.69) is 11.1 Å². The number of pyridine rings is 1. The SMILES string of the molecule is CCOC(=O)N1CC2C=C(c3ccccn3)C1CC2. The summed E-state index contributed by atoms with van der Waals surface area (Å²) in [6.07, 6.45) is 6.04. The Hall–Kier alpha value is -1.84. The summed E-state index contributed by atoms with van der Waals surface area (Å²) in [5, 5.41) is 0. The molecule has 0 spiro atoms. The molecule has 2 aliphatic heterocycles. The van der Waals surface area contributed by atoms with Crippen molar-refractivity contribution in [3.8, 4) is 0 Å². The van der Waals surface area contributed by atoms with Gasteiger partial charge in [0.2, 0.25) is 0 Å². The van der Waals surface area contributed by atoms with Crippen LogP contribution in [0.25, 0.3) is 5.57 Å². The predicted octanol–water partition coefficient (Wildman–Crippen LogP) is 2.72. The Labute approximate surface area is 113 Å². The molecule has 1 aromatic rings. The van der Waals surface area contributed by atoms with Crippen LogP contribution in [0, 0.1) is 5.92 Å². The zero-order valence-electron chi connectivity index (χ0n) is 11.1. The molecule has 1 saturated heterocycles. The summed E-state index contributed by atoms with van der Waals surface area (Å²) in [4.78, 5) is 18.3. The second-order valence-electron chi connectivity index (χ2n) is 5.04. The molecule has 3 aliphatic rings. The van der Waals surface area contributed by atoms with Gasteiger partial charge >= 0.3 is 6.09 Å². The van der Waals surface area contributed by atoms with Crippen LogP contribution in [0.4, 0.5) is 4.79 Å². The number of carbonyl (C=O) groups is 1. The molecule has 4 rings (SSSR count). The van der Waals surface area contributed by atoms with E-state index in [1.807, 2.05) is 30.0 Å². The quantitative estimate of drug-likeness (QED) is 0.819. The van der Waals surface area contributed by atoms with Gasteiger partial charge in [-0.1, -0.05) is 12.1 Å². The topological polar surface area (TPSA) is 42.4 Å². The van der Waals surface area contributed by atoms with Crippen molar-refractivity contribution in [2.24, 2.45) is 5.92 Å². The molecule has 0 saturated carbocycles. The number of rotatable bonds is 2. The molecule has 3 heterocycles. The molecule has 1 fully saturated rings. The van der Waals surface area contributed by atoms with E-state index in [4.69, 9.17) is 4.74 Å². The maximum atomic E-state index is 12.0. The molecule has 100 valence electrons. The molecular weight excluding hydrogens is 240 g/mol. The smallest absolute Gasteiger partial charge is 0.410 e. The first-order valence-electron chi connectivity index (χ1n) is 6.86. The average molecular weight is 258 g/mol. The summed E-state index contributed by atoms with van der Waals surface area (Å²) in [6, 6.07) is 6.03. The third-order valence-corrected chi connectivity index (χ3v) is 3.86. The van der Waals surface area contributed by atoms with Crippen molar-refractivity contribution in [1.29, 1.82) is 0 Å². The molecule has 0 aromatic carbocycles. The van der Waals surface area contributed by atoms with Crippen molar-refractivity contribution in [3.63, 3.8) is 0 Å². The first kappa shape index (κ1) is 12.2. The van der Waals surface area contributed by atoms with Crippen LogP contribution in [-0.2, 0) is 4.74 Å². The minimum Gasteiger partial charge on any atom is -0.450 e. The van der Waals surface area contributed by atoms with Gasteiger partial charge < -0.3 is 9.64 Å². The van der Waals surface area contributed by atoms with E-state index in [1.165, 1.54) is 5.57 Å². The van der Waals surface area contributed by atoms with Gasteiger partial charge in [-0.25, -0.2) is 4.79 Å². The number of carbonyl (C=O) groups excluding carboxylic acids is 1. The lowest BCUT2D eigenvalue weighted by molar-refractivity contribution is 0.0768. The van der Waals surface area contributed by atoms with Crippen LogP contribution in [0.1, 0.15) is 25.5 Å². The molecule has 0 radical (unpaired) electrons. The Balaban J connectivity index is 1.89. The minimum absolute atomic E-state index is 0.124. The number of hydrogen-bond acceptors (Lipinski definition) is 3. The van der Waals surface area contributed by atoms with Gasteiger partial charge in [-0.2, -0.15) is 0 Å². The van der Waals surface area contributed by atoms with Gasteiger partial charge in [-0.3, -0.25) is 4.98 Å². The van der Waals surface area contributed by atoms with Crippen molar-refractivity contribution in [2.75, 3.05) is 13.2 Å². The summed E-state index contributed by atoms with van der Waals surface area (Å²) in [6.45, 7) is 3.05. The first-order chi connectivity index (χ1) is 9.29. The number of piperidine rings is 1. The fourth-order valence-corrected chi connectivity index (χ4v) is 3.02. The Morgan fingerprint density at radius 3 is 3.05 bits per heavy atom. The zero-order chi connectivity index (χ0) is 13.2. The van der Waals surface area contributed by atoms with Crippen molar-refractivity contribution >= 4 is 11.7 Å². The van der Waals surface area contributed by atoms with E-state index in [1.54, 1.807) is 6.20 Å². The summed E-state index contributed by atoms with van der Waals surface area (Å²) in [7, 11) is 0. The second kappa shape index (κ2) is 5.03. The molecule has 4 heteroatoms. The van der Waals surface area contributed by atoms with Crippen molar-refractivity contribution in [2.45, 2.75) is 25.8 Å². The highest BCUT2D eigenvalue weighted by Gasteiger charge is 2.39. The summed E-state index contributed by atoms with van der Waals surface area (Å²) >= 11 is 0. The number of amides is 1. The van der Waals surface area contributed by atoms with Gasteiger partial charge in [0.15, 0.2) is 0 Å². The Bertz CT molecular complexity index is 498. The van der Waals surface area contributed by atoms with Gasteiger partial charge in [0.1, 0.15) is 0 Å². The van der Waals surface area contributed by atoms with E-state index in [0.29, 0.717) is 12.5 Å². The monoisotopic (exact) mass is 258 g/mol. The summed E-state index contributed by atoms with van der Waals surface area (Å²) in [5.74, 6) is 0.436. The normalized spacial score (nSPS) is 25.1. The zero-order valence-corrected chi connectivity index (χ0v) is 11.1. The summed E-state index contributed by atoms with van der Waals surface area (Å²) < 4.78 is 5.16. The lowest BCUT2D eigenvalue weighted by Crippen LogP contribution is -2.50. The summed E-state index contributed by atoms with van der Waals surface area (Å²) in [5.41, 5.74) is 2.15. The minimum atomic E-state index is -0.196. The third kappa shape index (κ3) is 2.23. The molecule has 1 aliphatic carbocycles. The van der Waals surface area contributed by atoms with Crippen LogP contribution < -0.4 is 0 Å². The number of aromatic nitrogens is 1. The molecule has 4 nitrogen and oxygen atoms in total. The average Bonchev–Trinajstić information content (AvgIpc) is 2.49. The van der Waals surface area contributed by atoms with Crippen LogP contribution in [-0.4, -0.2) is 35.2 Å². The maximum absolute atomic E-state index is 12.0. The highest BCUT2D eigenvalue weighted by molar-refractivity contribution is 5.77. The van der Waals surface area contributed by atoms with Crippen LogP contribution in [0.5, 0.6) is 0 Å². The van der Waals surface area contributed by atoms with Crippen LogP contribution in [0.15, 0.2) is 30.5 Å². The molecule has 1 amide bonds. The Morgan fingerprint density at radius 2 is 2.37 bits per heavy atom. The fraction of sp³-hybridized carbons (Fsp3) is 0.467. The lowest BCUT2D eigenvalue weighted by atomic mass is 9.79. The highest BCUT2D eigenvalue weighted by Crippen LogP contribution is 2.38. The number of nitrogens with zero attached hydrogens (tertiary/aromatic N) is 2. The number of fused-ring (bicyclic) bond motifs is 2. The van der Waals surface area contributed by atoms with E-state index in [0.717, 1.165) is 25.1 Å². The lowest BCUT2D eigenvalue weighted by Gasteiger charge is -2.43. The van der Waals surface area contributed by atoms with E-state index in [9.17, 15) is 4.79 Å². The molecule has 1 aromatic heterocycles. The first-order valence-corrected chi connectivity index (χ1v) is 6.86. The maximum Gasteiger partial charge on any atom is 0.410 e. The molecule has 2 atom stereocenters. The van der Waals surface area contributed by atoms with Gasteiger partial charge in [-0.15, -0.1) is 0 Å². The number of ether oxygens (including phenoxy) is 1. The number of hydrogen-bond donors (Lipinski definition) is 0. The van der Waals surface area contributed by atoms with Gasteiger partial charge in [0.25, 0.3) is 0 Å². The molecule has 2 bridgehead atoms. The van der Waals surface area contributed by atoms with E-state index in [-0.39, 0.29) is 12.1 Å². The van der Waals surface area contributed by atoms with Crippen molar-refractivity contribution in [1.82, 2.24) is 9.88 Å². The van der Waals surface area contributed by atoms with Crippen molar-refractivity contribution < 1.29 is 9.53 Å². The predicted molar refractivity (Wildman–Crippen MR) is 72.5 cm³/mol. The standard InChI is InChI=1S/C15H18N2O2/c1-2-19-15(18)17-10-11-6-7-14(17)12(9-11)13-5-3-4-8-16-13/h3-5,8-9,11,14H,2,6-7,10H2,1H3. The highest BCUT2D eigenvalue weighted by atomic mass is 16.6. The van der Waals surface area contributed by atoms with E-state index >= 15 is 0 Å². The molecule has 0 N–H and O–H groups in total. The largest absolute Gasteiger partial charge is 0.450 e.